The summed E-state index contributed by atoms with van der Waals surface area (Å²) in [4.78, 5) is 27.0. The number of anilines is 2. The van der Waals surface area contributed by atoms with Crippen LogP contribution in [0.25, 0.3) is 0 Å². The van der Waals surface area contributed by atoms with Crippen LogP contribution in [0.4, 0.5) is 24.7 Å². The van der Waals surface area contributed by atoms with Crippen LogP contribution in [0.5, 0.6) is 0 Å². The van der Waals surface area contributed by atoms with Gasteiger partial charge in [0.15, 0.2) is 5.82 Å². The largest absolute Gasteiger partial charge is 0.453 e. The van der Waals surface area contributed by atoms with Gasteiger partial charge in [0.2, 0.25) is 5.91 Å². The summed E-state index contributed by atoms with van der Waals surface area (Å²) in [5.74, 6) is 1.09. The molecular formula is C23H38F3N7O. The molecule has 2 aromatic rings. The first-order chi connectivity index (χ1) is 14.5. The fraction of sp³-hybridized carbons (Fsp3) is 0.696. The zero-order valence-corrected chi connectivity index (χ0v) is 17.9. The Morgan fingerprint density at radius 1 is 1.15 bits per heavy atom. The predicted octanol–water partition coefficient (Wildman–Crippen LogP) is 4.99. The quantitative estimate of drug-likeness (QED) is 0.642. The maximum atomic E-state index is 12.6. The van der Waals surface area contributed by atoms with Gasteiger partial charge in [-0.1, -0.05) is 36.1 Å². The molecule has 2 aliphatic rings. The summed E-state index contributed by atoms with van der Waals surface area (Å²) in [6, 6.07) is -0.285. The van der Waals surface area contributed by atoms with Crippen LogP contribution in [-0.4, -0.2) is 43.7 Å². The zero-order chi connectivity index (χ0) is 22.5. The Hall–Kier alpha value is -2.72. The smallest absolute Gasteiger partial charge is 0.346 e. The summed E-state index contributed by atoms with van der Waals surface area (Å²) >= 11 is 0. The molecule has 2 aromatic heterocycles. The minimum atomic E-state index is -4.52. The van der Waals surface area contributed by atoms with Crippen molar-refractivity contribution in [1.29, 1.82) is 0 Å². The second-order valence-electron chi connectivity index (χ2n) is 8.91. The average Bonchev–Trinajstić information content (AvgIpc) is 3.10. The average molecular weight is 486 g/mol. The van der Waals surface area contributed by atoms with Crippen LogP contribution < -0.4 is 10.2 Å². The zero-order valence-electron chi connectivity index (χ0n) is 17.9. The standard InChI is InChI=1S/C20H26F3N7O.3CH4/c1-10(2)16-18(31)27-15-11(3)25-14(26-17(15)29(16)4)7-12-5-13(6-12)8-30-9-24-19(28-30)20(21,22)23;;;/h9-10,12-13,16H,5-8H2,1-4H3,(H,27,31);3*1H4/t12?,13?,16-;;;/m0.../s1. The van der Waals surface area contributed by atoms with Crippen LogP contribution in [0.15, 0.2) is 6.33 Å². The van der Waals surface area contributed by atoms with E-state index in [9.17, 15) is 18.0 Å². The molecule has 192 valence electrons. The molecule has 1 atom stereocenters. The van der Waals surface area contributed by atoms with Crippen LogP contribution in [-0.2, 0) is 23.9 Å². The SMILES string of the molecule is C.C.C.Cc1nc(CC2CC(Cn3cnc(C(F)(F)F)n3)C2)nc2c1NC(=O)[C@H](C(C)C)N2C. The lowest BCUT2D eigenvalue weighted by atomic mass is 9.73. The molecule has 1 aliphatic carbocycles. The lowest BCUT2D eigenvalue weighted by Gasteiger charge is -2.38. The second-order valence-corrected chi connectivity index (χ2v) is 8.91. The molecule has 0 radical (unpaired) electrons. The number of halogens is 3. The van der Waals surface area contributed by atoms with Gasteiger partial charge in [-0.15, -0.1) is 5.10 Å². The third kappa shape index (κ3) is 5.67. The van der Waals surface area contributed by atoms with Crippen molar-refractivity contribution in [3.05, 3.63) is 23.7 Å². The van der Waals surface area contributed by atoms with E-state index in [0.717, 1.165) is 36.5 Å². The van der Waals surface area contributed by atoms with E-state index >= 15 is 0 Å². The minimum absolute atomic E-state index is 0. The molecule has 8 nitrogen and oxygen atoms in total. The van der Waals surface area contributed by atoms with E-state index in [1.54, 1.807) is 0 Å². The first-order valence-electron chi connectivity index (χ1n) is 10.4. The maximum absolute atomic E-state index is 12.6. The van der Waals surface area contributed by atoms with Crippen molar-refractivity contribution in [3.63, 3.8) is 0 Å². The van der Waals surface area contributed by atoms with E-state index in [2.05, 4.69) is 20.4 Å². The number of carbonyl (C=O) groups is 1. The third-order valence-corrected chi connectivity index (χ3v) is 6.06. The van der Waals surface area contributed by atoms with E-state index in [4.69, 9.17) is 4.98 Å². The summed E-state index contributed by atoms with van der Waals surface area (Å²) in [5.41, 5.74) is 1.40. The highest BCUT2D eigenvalue weighted by Gasteiger charge is 2.38. The van der Waals surface area contributed by atoms with Gasteiger partial charge < -0.3 is 10.2 Å². The Kier molecular flexibility index (Phi) is 9.22. The molecule has 1 N–H and O–H groups in total. The van der Waals surface area contributed by atoms with Crippen LogP contribution in [0.3, 0.4) is 0 Å². The number of amides is 1. The molecule has 34 heavy (non-hydrogen) atoms. The number of aryl methyl sites for hydroxylation is 1. The van der Waals surface area contributed by atoms with Gasteiger partial charge in [-0.3, -0.25) is 9.48 Å². The van der Waals surface area contributed by atoms with Gasteiger partial charge in [0, 0.05) is 20.0 Å². The molecule has 11 heteroatoms. The van der Waals surface area contributed by atoms with Gasteiger partial charge >= 0.3 is 6.18 Å². The number of carbonyl (C=O) groups excluding carboxylic acids is 1. The second kappa shape index (κ2) is 10.7. The van der Waals surface area contributed by atoms with Crippen molar-refractivity contribution in [2.24, 2.45) is 17.8 Å². The van der Waals surface area contributed by atoms with Crippen LogP contribution in [0.1, 0.15) is 66.3 Å². The van der Waals surface area contributed by atoms with Crippen molar-refractivity contribution in [1.82, 2.24) is 24.7 Å². The van der Waals surface area contributed by atoms with Crippen LogP contribution >= 0.6 is 0 Å². The van der Waals surface area contributed by atoms with E-state index in [1.165, 1.54) is 4.68 Å². The van der Waals surface area contributed by atoms with Crippen molar-refractivity contribution in [3.8, 4) is 0 Å². The molecule has 4 rings (SSSR count). The molecule has 0 saturated heterocycles. The number of hydrogen-bond donors (Lipinski definition) is 1. The summed E-state index contributed by atoms with van der Waals surface area (Å²) < 4.78 is 39.2. The Morgan fingerprint density at radius 2 is 1.79 bits per heavy atom. The van der Waals surface area contributed by atoms with Crippen molar-refractivity contribution in [2.75, 3.05) is 17.3 Å². The van der Waals surface area contributed by atoms with Crippen molar-refractivity contribution < 1.29 is 18.0 Å². The normalized spacial score (nSPS) is 21.5. The van der Waals surface area contributed by atoms with E-state index in [1.807, 2.05) is 32.7 Å². The number of nitrogens with zero attached hydrogens (tertiary/aromatic N) is 6. The number of aromatic nitrogens is 5. The summed E-state index contributed by atoms with van der Waals surface area (Å²) in [7, 11) is 1.88. The first kappa shape index (κ1) is 29.3. The molecule has 1 amide bonds. The molecule has 0 bridgehead atoms. The van der Waals surface area contributed by atoms with Gasteiger partial charge in [0.25, 0.3) is 5.82 Å². The van der Waals surface area contributed by atoms with Gasteiger partial charge in [0.1, 0.15) is 23.9 Å². The number of nitrogens with one attached hydrogen (secondary N) is 1. The van der Waals surface area contributed by atoms with E-state index < -0.39 is 12.0 Å². The molecule has 0 unspecified atom stereocenters. The predicted molar refractivity (Wildman–Crippen MR) is 128 cm³/mol. The first-order valence-corrected chi connectivity index (χ1v) is 10.4. The lowest BCUT2D eigenvalue weighted by Crippen LogP contribution is -2.49. The van der Waals surface area contributed by atoms with Gasteiger partial charge in [-0.2, -0.15) is 13.2 Å². The summed E-state index contributed by atoms with van der Waals surface area (Å²) in [6.07, 6.45) is -0.925. The molecule has 0 spiro atoms. The molecule has 0 aromatic carbocycles. The number of fused-ring (bicyclic) bond motifs is 1. The number of likely N-dealkylation sites (N-methyl/N-ethyl adjacent to an activating group) is 1. The highest BCUT2D eigenvalue weighted by atomic mass is 19.4. The molecular weight excluding hydrogens is 447 g/mol. The van der Waals surface area contributed by atoms with E-state index in [-0.39, 0.29) is 46.1 Å². The third-order valence-electron chi connectivity index (χ3n) is 6.06. The van der Waals surface area contributed by atoms with E-state index in [0.29, 0.717) is 24.6 Å². The van der Waals surface area contributed by atoms with Crippen LogP contribution in [0.2, 0.25) is 0 Å². The number of hydrogen-bond acceptors (Lipinski definition) is 6. The molecule has 1 aliphatic heterocycles. The Labute approximate surface area is 200 Å². The lowest BCUT2D eigenvalue weighted by molar-refractivity contribution is -0.145. The highest BCUT2D eigenvalue weighted by molar-refractivity contribution is 6.03. The number of rotatable bonds is 5. The Morgan fingerprint density at radius 3 is 2.35 bits per heavy atom. The Balaban J connectivity index is 0.00000193. The maximum Gasteiger partial charge on any atom is 0.453 e. The Bertz CT molecular complexity index is 983. The van der Waals surface area contributed by atoms with Gasteiger partial charge in [-0.05, 0) is 37.5 Å². The fourth-order valence-electron chi connectivity index (χ4n) is 4.59. The minimum Gasteiger partial charge on any atom is -0.346 e. The topological polar surface area (TPSA) is 88.8 Å². The fourth-order valence-corrected chi connectivity index (χ4v) is 4.59. The molecule has 1 saturated carbocycles. The van der Waals surface area contributed by atoms with Gasteiger partial charge in [0.05, 0.1) is 5.69 Å². The summed E-state index contributed by atoms with van der Waals surface area (Å²) in [5, 5.41) is 6.47. The molecule has 1 fully saturated rings. The monoisotopic (exact) mass is 485 g/mol. The van der Waals surface area contributed by atoms with Gasteiger partial charge in [-0.25, -0.2) is 15.0 Å². The van der Waals surface area contributed by atoms with Crippen LogP contribution in [0, 0.1) is 24.7 Å². The van der Waals surface area contributed by atoms with Crippen molar-refractivity contribution in [2.45, 2.75) is 81.1 Å². The highest BCUT2D eigenvalue weighted by Crippen LogP contribution is 2.38. The van der Waals surface area contributed by atoms with Crippen molar-refractivity contribution >= 4 is 17.4 Å². The summed E-state index contributed by atoms with van der Waals surface area (Å²) in [6.45, 7) is 6.29. The number of alkyl halides is 3. The molecule has 3 heterocycles.